The second-order valence-corrected chi connectivity index (χ2v) is 3.60. The predicted octanol–water partition coefficient (Wildman–Crippen LogP) is 2.88. The Bertz CT molecular complexity index is 461. The molecule has 0 saturated heterocycles. The zero-order chi connectivity index (χ0) is 9.97. The van der Waals surface area contributed by atoms with Gasteiger partial charge in [0, 0.05) is 35.1 Å². The molecule has 2 aromatic rings. The average Bonchev–Trinajstić information content (AvgIpc) is 2.57. The molecule has 0 bridgehead atoms. The molecule has 0 aliphatic heterocycles. The summed E-state index contributed by atoms with van der Waals surface area (Å²) in [6.07, 6.45) is 3.46. The van der Waals surface area contributed by atoms with Crippen LogP contribution in [0.25, 0.3) is 10.9 Å². The molecule has 0 atom stereocenters. The van der Waals surface area contributed by atoms with E-state index in [0.29, 0.717) is 6.42 Å². The molecule has 0 fully saturated rings. The number of rotatable bonds is 3. The number of carbonyl (C=O) groups excluding carboxylic acids is 1. The van der Waals surface area contributed by atoms with Crippen LogP contribution >= 0.6 is 11.6 Å². The summed E-state index contributed by atoms with van der Waals surface area (Å²) < 4.78 is 2.06. The molecule has 1 aromatic carbocycles. The third kappa shape index (κ3) is 1.66. The summed E-state index contributed by atoms with van der Waals surface area (Å²) in [4.78, 5) is 10.3. The van der Waals surface area contributed by atoms with Gasteiger partial charge in [-0.25, -0.2) is 0 Å². The van der Waals surface area contributed by atoms with Crippen molar-refractivity contribution in [3.05, 3.63) is 35.5 Å². The van der Waals surface area contributed by atoms with E-state index in [1.807, 2.05) is 30.5 Å². The first-order chi connectivity index (χ1) is 6.81. The van der Waals surface area contributed by atoms with Gasteiger partial charge in [-0.2, -0.15) is 0 Å². The van der Waals surface area contributed by atoms with Crippen molar-refractivity contribution >= 4 is 28.8 Å². The summed E-state index contributed by atoms with van der Waals surface area (Å²) in [6.45, 7) is 0.731. The minimum atomic E-state index is 0.548. The maximum atomic E-state index is 10.3. The van der Waals surface area contributed by atoms with Crippen LogP contribution in [-0.2, 0) is 11.3 Å². The van der Waals surface area contributed by atoms with Crippen LogP contribution < -0.4 is 0 Å². The lowest BCUT2D eigenvalue weighted by molar-refractivity contribution is -0.108. The molecule has 3 heteroatoms. The standard InChI is InChI=1S/C11H10ClNO/c12-10-2-3-11-9(8-10)4-6-13(11)5-1-7-14/h2-4,6-8H,1,5H2. The quantitative estimate of drug-likeness (QED) is 0.710. The van der Waals surface area contributed by atoms with Crippen molar-refractivity contribution in [2.45, 2.75) is 13.0 Å². The van der Waals surface area contributed by atoms with Gasteiger partial charge in [0.15, 0.2) is 0 Å². The maximum absolute atomic E-state index is 10.3. The summed E-state index contributed by atoms with van der Waals surface area (Å²) in [5.41, 5.74) is 1.12. The third-order valence-electron chi connectivity index (χ3n) is 2.22. The van der Waals surface area contributed by atoms with Crippen LogP contribution in [0.1, 0.15) is 6.42 Å². The predicted molar refractivity (Wildman–Crippen MR) is 57.6 cm³/mol. The third-order valence-corrected chi connectivity index (χ3v) is 2.46. The summed E-state index contributed by atoms with van der Waals surface area (Å²) in [6, 6.07) is 7.77. The molecular formula is C11H10ClNO. The van der Waals surface area contributed by atoms with Crippen LogP contribution in [0.2, 0.25) is 5.02 Å². The molecule has 0 aliphatic carbocycles. The fourth-order valence-electron chi connectivity index (χ4n) is 1.56. The first-order valence-electron chi connectivity index (χ1n) is 4.49. The molecular weight excluding hydrogens is 198 g/mol. The lowest BCUT2D eigenvalue weighted by Gasteiger charge is -2.01. The van der Waals surface area contributed by atoms with E-state index in [1.165, 1.54) is 0 Å². The Labute approximate surface area is 87.1 Å². The Kier molecular flexibility index (Phi) is 2.55. The van der Waals surface area contributed by atoms with Crippen LogP contribution in [0.3, 0.4) is 0 Å². The molecule has 0 radical (unpaired) electrons. The number of hydrogen-bond donors (Lipinski definition) is 0. The van der Waals surface area contributed by atoms with Crippen LogP contribution in [-0.4, -0.2) is 10.9 Å². The highest BCUT2D eigenvalue weighted by Gasteiger charge is 2.00. The minimum Gasteiger partial charge on any atom is -0.347 e. The van der Waals surface area contributed by atoms with Crippen molar-refractivity contribution in [2.24, 2.45) is 0 Å². The molecule has 0 unspecified atom stereocenters. The monoisotopic (exact) mass is 207 g/mol. The van der Waals surface area contributed by atoms with Crippen molar-refractivity contribution < 1.29 is 4.79 Å². The van der Waals surface area contributed by atoms with Gasteiger partial charge < -0.3 is 9.36 Å². The van der Waals surface area contributed by atoms with Crippen molar-refractivity contribution in [1.82, 2.24) is 4.57 Å². The zero-order valence-electron chi connectivity index (χ0n) is 7.61. The van der Waals surface area contributed by atoms with E-state index in [0.717, 1.165) is 28.8 Å². The van der Waals surface area contributed by atoms with Gasteiger partial charge in [0.1, 0.15) is 6.29 Å². The summed E-state index contributed by atoms with van der Waals surface area (Å²) >= 11 is 5.87. The molecule has 1 aromatic heterocycles. The smallest absolute Gasteiger partial charge is 0.121 e. The van der Waals surface area contributed by atoms with Gasteiger partial charge in [-0.05, 0) is 24.3 Å². The Morgan fingerprint density at radius 3 is 3.00 bits per heavy atom. The number of hydrogen-bond acceptors (Lipinski definition) is 1. The zero-order valence-corrected chi connectivity index (χ0v) is 8.37. The number of carbonyl (C=O) groups is 1. The summed E-state index contributed by atoms with van der Waals surface area (Å²) in [7, 11) is 0. The number of fused-ring (bicyclic) bond motifs is 1. The fraction of sp³-hybridized carbons (Fsp3) is 0.182. The molecule has 0 N–H and O–H groups in total. The highest BCUT2D eigenvalue weighted by atomic mass is 35.5. The fourth-order valence-corrected chi connectivity index (χ4v) is 1.74. The van der Waals surface area contributed by atoms with E-state index in [1.54, 1.807) is 0 Å². The lowest BCUT2D eigenvalue weighted by atomic mass is 10.2. The second kappa shape index (κ2) is 3.84. The highest BCUT2D eigenvalue weighted by molar-refractivity contribution is 6.31. The molecule has 0 amide bonds. The largest absolute Gasteiger partial charge is 0.347 e. The van der Waals surface area contributed by atoms with Crippen molar-refractivity contribution in [2.75, 3.05) is 0 Å². The molecule has 0 aliphatic rings. The molecule has 72 valence electrons. The minimum absolute atomic E-state index is 0.548. The first kappa shape index (κ1) is 9.28. The van der Waals surface area contributed by atoms with Crippen LogP contribution in [0.15, 0.2) is 30.5 Å². The van der Waals surface area contributed by atoms with Crippen molar-refractivity contribution in [3.63, 3.8) is 0 Å². The molecule has 2 nitrogen and oxygen atoms in total. The van der Waals surface area contributed by atoms with E-state index in [4.69, 9.17) is 11.6 Å². The number of aryl methyl sites for hydroxylation is 1. The van der Waals surface area contributed by atoms with Gasteiger partial charge in [-0.1, -0.05) is 11.6 Å². The van der Waals surface area contributed by atoms with E-state index in [2.05, 4.69) is 4.57 Å². The number of halogens is 1. The maximum Gasteiger partial charge on any atom is 0.121 e. The normalized spacial score (nSPS) is 10.6. The lowest BCUT2D eigenvalue weighted by Crippen LogP contribution is -1.95. The highest BCUT2D eigenvalue weighted by Crippen LogP contribution is 2.20. The summed E-state index contributed by atoms with van der Waals surface area (Å²) in [5, 5.41) is 1.86. The van der Waals surface area contributed by atoms with Gasteiger partial charge in [0.25, 0.3) is 0 Å². The molecule has 0 spiro atoms. The van der Waals surface area contributed by atoms with Crippen LogP contribution in [0, 0.1) is 0 Å². The van der Waals surface area contributed by atoms with Gasteiger partial charge >= 0.3 is 0 Å². The van der Waals surface area contributed by atoms with Gasteiger partial charge in [-0.15, -0.1) is 0 Å². The molecule has 2 rings (SSSR count). The van der Waals surface area contributed by atoms with Gasteiger partial charge in [0.2, 0.25) is 0 Å². The van der Waals surface area contributed by atoms with Gasteiger partial charge in [0.05, 0.1) is 0 Å². The van der Waals surface area contributed by atoms with E-state index in [9.17, 15) is 4.79 Å². The van der Waals surface area contributed by atoms with E-state index in [-0.39, 0.29) is 0 Å². The van der Waals surface area contributed by atoms with E-state index < -0.39 is 0 Å². The number of benzene rings is 1. The molecule has 0 saturated carbocycles. The first-order valence-corrected chi connectivity index (χ1v) is 4.87. The average molecular weight is 208 g/mol. The Morgan fingerprint density at radius 1 is 1.36 bits per heavy atom. The Hall–Kier alpha value is -1.28. The SMILES string of the molecule is O=CCCn1ccc2cc(Cl)ccc21. The molecule has 1 heterocycles. The topological polar surface area (TPSA) is 22.0 Å². The van der Waals surface area contributed by atoms with Crippen molar-refractivity contribution in [1.29, 1.82) is 0 Å². The number of aldehydes is 1. The van der Waals surface area contributed by atoms with E-state index >= 15 is 0 Å². The Balaban J connectivity index is 2.42. The second-order valence-electron chi connectivity index (χ2n) is 3.17. The van der Waals surface area contributed by atoms with Crippen LogP contribution in [0.4, 0.5) is 0 Å². The van der Waals surface area contributed by atoms with Gasteiger partial charge in [-0.3, -0.25) is 0 Å². The number of nitrogens with zero attached hydrogens (tertiary/aromatic N) is 1. The summed E-state index contributed by atoms with van der Waals surface area (Å²) in [5.74, 6) is 0. The van der Waals surface area contributed by atoms with Crippen LogP contribution in [0.5, 0.6) is 0 Å². The Morgan fingerprint density at radius 2 is 2.21 bits per heavy atom. The molecule has 14 heavy (non-hydrogen) atoms. The number of aromatic nitrogens is 1. The van der Waals surface area contributed by atoms with Crippen molar-refractivity contribution in [3.8, 4) is 0 Å².